The summed E-state index contributed by atoms with van der Waals surface area (Å²) in [6.45, 7) is 8.65. The SMILES string of the molecule is CSC(=N[C@@H](C)C(=O)OC1CC(C)CCC1C(C)(C)c1ccccc1)SC. The van der Waals surface area contributed by atoms with Crippen molar-refractivity contribution in [3.8, 4) is 0 Å². The van der Waals surface area contributed by atoms with Crippen LogP contribution < -0.4 is 0 Å². The molecule has 0 spiro atoms. The minimum Gasteiger partial charge on any atom is -0.460 e. The zero-order valence-electron chi connectivity index (χ0n) is 17.4. The second kappa shape index (κ2) is 10.0. The van der Waals surface area contributed by atoms with Crippen molar-refractivity contribution >= 4 is 33.9 Å². The van der Waals surface area contributed by atoms with Gasteiger partial charge in [0.05, 0.1) is 0 Å². The number of nitrogens with zero attached hydrogens (tertiary/aromatic N) is 1. The Kier molecular flexibility index (Phi) is 8.29. The van der Waals surface area contributed by atoms with Gasteiger partial charge in [-0.15, -0.1) is 23.5 Å². The molecule has 4 atom stereocenters. The fourth-order valence-corrected chi connectivity index (χ4v) is 5.21. The molecule has 1 aromatic carbocycles. The number of aliphatic imine (C=N–C) groups is 1. The normalized spacial score (nSPS) is 24.1. The molecule has 3 unspecified atom stereocenters. The molecule has 0 amide bonds. The first-order chi connectivity index (χ1) is 12.8. The molecular formula is C22H33NO2S2. The second-order valence-corrected chi connectivity index (χ2v) is 9.92. The Labute approximate surface area is 173 Å². The van der Waals surface area contributed by atoms with Crippen molar-refractivity contribution < 1.29 is 9.53 Å². The summed E-state index contributed by atoms with van der Waals surface area (Å²) in [7, 11) is 0. The van der Waals surface area contributed by atoms with E-state index in [0.29, 0.717) is 11.8 Å². The number of benzene rings is 1. The van der Waals surface area contributed by atoms with Crippen LogP contribution in [-0.2, 0) is 14.9 Å². The van der Waals surface area contributed by atoms with Gasteiger partial charge in [-0.2, -0.15) is 0 Å². The van der Waals surface area contributed by atoms with Crippen LogP contribution in [0.15, 0.2) is 35.3 Å². The van der Waals surface area contributed by atoms with E-state index in [1.807, 2.05) is 19.4 Å². The van der Waals surface area contributed by atoms with Crippen LogP contribution in [0.4, 0.5) is 0 Å². The summed E-state index contributed by atoms with van der Waals surface area (Å²) in [6.07, 6.45) is 7.11. The van der Waals surface area contributed by atoms with Gasteiger partial charge in [-0.25, -0.2) is 4.79 Å². The van der Waals surface area contributed by atoms with Crippen LogP contribution in [0.2, 0.25) is 0 Å². The summed E-state index contributed by atoms with van der Waals surface area (Å²) in [5.74, 6) is 0.692. The van der Waals surface area contributed by atoms with E-state index in [1.54, 1.807) is 23.5 Å². The number of carbonyl (C=O) groups is 1. The zero-order valence-corrected chi connectivity index (χ0v) is 19.0. The predicted molar refractivity (Wildman–Crippen MR) is 120 cm³/mol. The van der Waals surface area contributed by atoms with Gasteiger partial charge in [0.2, 0.25) is 0 Å². The van der Waals surface area contributed by atoms with E-state index in [0.717, 1.165) is 17.2 Å². The fourth-order valence-electron chi connectivity index (χ4n) is 4.01. The molecule has 0 N–H and O–H groups in total. The number of hydrogen-bond donors (Lipinski definition) is 0. The first-order valence-electron chi connectivity index (χ1n) is 9.71. The molecule has 0 aliphatic heterocycles. The molecule has 3 nitrogen and oxygen atoms in total. The highest BCUT2D eigenvalue weighted by Crippen LogP contribution is 2.43. The third-order valence-corrected chi connectivity index (χ3v) is 7.66. The highest BCUT2D eigenvalue weighted by atomic mass is 32.2. The molecule has 2 rings (SSSR count). The molecule has 0 heterocycles. The first-order valence-corrected chi connectivity index (χ1v) is 12.2. The monoisotopic (exact) mass is 407 g/mol. The highest BCUT2D eigenvalue weighted by molar-refractivity contribution is 8.38. The van der Waals surface area contributed by atoms with E-state index < -0.39 is 6.04 Å². The molecule has 27 heavy (non-hydrogen) atoms. The largest absolute Gasteiger partial charge is 0.460 e. The highest BCUT2D eigenvalue weighted by Gasteiger charge is 2.42. The molecular weight excluding hydrogens is 374 g/mol. The van der Waals surface area contributed by atoms with Crippen LogP contribution in [0.5, 0.6) is 0 Å². The van der Waals surface area contributed by atoms with Crippen molar-refractivity contribution in [2.24, 2.45) is 16.8 Å². The van der Waals surface area contributed by atoms with E-state index in [2.05, 4.69) is 56.1 Å². The summed E-state index contributed by atoms with van der Waals surface area (Å²) in [5.41, 5.74) is 1.27. The van der Waals surface area contributed by atoms with Gasteiger partial charge in [0.15, 0.2) is 0 Å². The number of hydrogen-bond acceptors (Lipinski definition) is 5. The average molecular weight is 408 g/mol. The maximum atomic E-state index is 12.7. The number of ether oxygens (including phenoxy) is 1. The van der Waals surface area contributed by atoms with Crippen molar-refractivity contribution in [1.29, 1.82) is 0 Å². The number of thioether (sulfide) groups is 2. The van der Waals surface area contributed by atoms with Crippen LogP contribution >= 0.6 is 23.5 Å². The van der Waals surface area contributed by atoms with Gasteiger partial charge in [-0.05, 0) is 49.2 Å². The van der Waals surface area contributed by atoms with Crippen molar-refractivity contribution in [2.75, 3.05) is 12.5 Å². The van der Waals surface area contributed by atoms with Crippen LogP contribution in [0.3, 0.4) is 0 Å². The molecule has 0 bridgehead atoms. The van der Waals surface area contributed by atoms with E-state index in [4.69, 9.17) is 4.74 Å². The summed E-state index contributed by atoms with van der Waals surface area (Å²) in [5, 5.41) is 0. The maximum Gasteiger partial charge on any atom is 0.330 e. The zero-order chi connectivity index (χ0) is 20.0. The van der Waals surface area contributed by atoms with Crippen LogP contribution in [0.1, 0.15) is 52.5 Å². The lowest BCUT2D eigenvalue weighted by atomic mass is 9.64. The fraction of sp³-hybridized carbons (Fsp3) is 0.636. The van der Waals surface area contributed by atoms with E-state index in [1.165, 1.54) is 12.0 Å². The van der Waals surface area contributed by atoms with Crippen molar-refractivity contribution in [3.05, 3.63) is 35.9 Å². The lowest BCUT2D eigenvalue weighted by molar-refractivity contribution is -0.157. The molecule has 1 aliphatic carbocycles. The Morgan fingerprint density at radius 2 is 1.81 bits per heavy atom. The molecule has 0 aromatic heterocycles. The van der Waals surface area contributed by atoms with Gasteiger partial charge in [-0.3, -0.25) is 4.99 Å². The standard InChI is InChI=1S/C22H33NO2S2/c1-15-12-13-18(22(3,4)17-10-8-7-9-11-17)19(14-15)25-20(24)16(2)23-21(26-5)27-6/h7-11,15-16,18-19H,12-14H2,1-6H3/t15?,16-,18?,19?/m0/s1. The molecule has 1 aliphatic rings. The summed E-state index contributed by atoms with van der Waals surface area (Å²) in [6, 6.07) is 10.1. The second-order valence-electron chi connectivity index (χ2n) is 8.07. The Morgan fingerprint density at radius 1 is 1.19 bits per heavy atom. The van der Waals surface area contributed by atoms with Crippen molar-refractivity contribution in [1.82, 2.24) is 0 Å². The quantitative estimate of drug-likeness (QED) is 0.352. The van der Waals surface area contributed by atoms with Crippen molar-refractivity contribution in [2.45, 2.75) is 64.5 Å². The lowest BCUT2D eigenvalue weighted by Crippen LogP contribution is -2.44. The Bertz CT molecular complexity index is 639. The molecule has 5 heteroatoms. The van der Waals surface area contributed by atoms with Crippen LogP contribution in [0.25, 0.3) is 0 Å². The first kappa shape index (κ1) is 22.4. The topological polar surface area (TPSA) is 38.7 Å². The smallest absolute Gasteiger partial charge is 0.330 e. The van der Waals surface area contributed by atoms with Gasteiger partial charge < -0.3 is 4.74 Å². The lowest BCUT2D eigenvalue weighted by Gasteiger charge is -2.44. The van der Waals surface area contributed by atoms with Crippen LogP contribution in [-0.4, -0.2) is 35.0 Å². The van der Waals surface area contributed by atoms with Gasteiger partial charge in [0, 0.05) is 5.92 Å². The van der Waals surface area contributed by atoms with Gasteiger partial charge in [0.25, 0.3) is 0 Å². The van der Waals surface area contributed by atoms with Gasteiger partial charge in [-0.1, -0.05) is 57.5 Å². The molecule has 1 saturated carbocycles. The minimum absolute atomic E-state index is 0.0391. The third kappa shape index (κ3) is 5.77. The third-order valence-electron chi connectivity index (χ3n) is 5.76. The number of carbonyl (C=O) groups excluding carboxylic acids is 1. The summed E-state index contributed by atoms with van der Waals surface area (Å²) in [4.78, 5) is 17.3. The van der Waals surface area contributed by atoms with E-state index in [9.17, 15) is 4.79 Å². The summed E-state index contributed by atoms with van der Waals surface area (Å²) < 4.78 is 6.98. The number of rotatable bonds is 5. The van der Waals surface area contributed by atoms with Crippen LogP contribution in [0, 0.1) is 11.8 Å². The molecule has 150 valence electrons. The van der Waals surface area contributed by atoms with E-state index in [-0.39, 0.29) is 17.5 Å². The molecule has 1 fully saturated rings. The predicted octanol–water partition coefficient (Wildman–Crippen LogP) is 5.78. The Balaban J connectivity index is 2.18. The minimum atomic E-state index is -0.461. The molecule has 0 saturated heterocycles. The number of esters is 1. The van der Waals surface area contributed by atoms with Gasteiger partial charge >= 0.3 is 5.97 Å². The molecule has 1 aromatic rings. The summed E-state index contributed by atoms with van der Waals surface area (Å²) >= 11 is 3.14. The Morgan fingerprint density at radius 3 is 2.41 bits per heavy atom. The maximum absolute atomic E-state index is 12.7. The van der Waals surface area contributed by atoms with Gasteiger partial charge in [0.1, 0.15) is 16.5 Å². The average Bonchev–Trinajstić information content (AvgIpc) is 2.66. The molecule has 0 radical (unpaired) electrons. The van der Waals surface area contributed by atoms with E-state index >= 15 is 0 Å². The van der Waals surface area contributed by atoms with Crippen molar-refractivity contribution in [3.63, 3.8) is 0 Å². The Hall–Kier alpha value is -0.940.